The van der Waals surface area contributed by atoms with E-state index in [1.54, 1.807) is 24.3 Å². The van der Waals surface area contributed by atoms with Crippen molar-refractivity contribution in [2.24, 2.45) is 0 Å². The lowest BCUT2D eigenvalue weighted by Gasteiger charge is -2.08. The quantitative estimate of drug-likeness (QED) is 0.748. The summed E-state index contributed by atoms with van der Waals surface area (Å²) in [5, 5.41) is 5.18. The van der Waals surface area contributed by atoms with Crippen LogP contribution in [0.4, 0.5) is 16.3 Å². The maximum absolute atomic E-state index is 11.9. The van der Waals surface area contributed by atoms with Crippen molar-refractivity contribution in [2.45, 2.75) is 6.92 Å². The smallest absolute Gasteiger partial charge is 0.308 e. The SMILES string of the molecule is CC(=O)c1cccc(NC(=O)Nc2ncc(Br)nc2Br)c1. The monoisotopic (exact) mass is 412 g/mol. The molecule has 8 heteroatoms. The molecule has 2 aromatic rings. The predicted molar refractivity (Wildman–Crippen MR) is 86.5 cm³/mol. The van der Waals surface area contributed by atoms with Gasteiger partial charge >= 0.3 is 6.03 Å². The summed E-state index contributed by atoms with van der Waals surface area (Å²) in [6.45, 7) is 1.47. The molecular weight excluding hydrogens is 404 g/mol. The number of hydrogen-bond donors (Lipinski definition) is 2. The Morgan fingerprint density at radius 3 is 2.62 bits per heavy atom. The van der Waals surface area contributed by atoms with Crippen LogP contribution >= 0.6 is 31.9 Å². The maximum atomic E-state index is 11.9. The van der Waals surface area contributed by atoms with Crippen molar-refractivity contribution in [3.63, 3.8) is 0 Å². The molecule has 1 heterocycles. The molecule has 21 heavy (non-hydrogen) atoms. The van der Waals surface area contributed by atoms with E-state index in [0.29, 0.717) is 26.3 Å². The van der Waals surface area contributed by atoms with Gasteiger partial charge in [0.1, 0.15) is 9.21 Å². The molecule has 0 aliphatic carbocycles. The lowest BCUT2D eigenvalue weighted by atomic mass is 10.1. The number of ketones is 1. The minimum Gasteiger partial charge on any atom is -0.308 e. The molecule has 2 rings (SSSR count). The van der Waals surface area contributed by atoms with Crippen LogP contribution in [0.15, 0.2) is 39.7 Å². The maximum Gasteiger partial charge on any atom is 0.324 e. The van der Waals surface area contributed by atoms with E-state index in [4.69, 9.17) is 0 Å². The number of carbonyl (C=O) groups is 2. The minimum atomic E-state index is -0.479. The summed E-state index contributed by atoms with van der Waals surface area (Å²) in [6.07, 6.45) is 1.47. The Bertz CT molecular complexity index is 706. The number of amides is 2. The van der Waals surface area contributed by atoms with E-state index in [1.165, 1.54) is 13.1 Å². The highest BCUT2D eigenvalue weighted by Crippen LogP contribution is 2.19. The third-order valence-electron chi connectivity index (χ3n) is 2.46. The molecule has 1 aromatic heterocycles. The van der Waals surface area contributed by atoms with E-state index in [1.807, 2.05) is 0 Å². The number of hydrogen-bond acceptors (Lipinski definition) is 4. The van der Waals surface area contributed by atoms with Gasteiger partial charge in [-0.2, -0.15) is 0 Å². The van der Waals surface area contributed by atoms with Gasteiger partial charge in [0.05, 0.1) is 6.20 Å². The van der Waals surface area contributed by atoms with Crippen molar-refractivity contribution >= 4 is 55.2 Å². The summed E-state index contributed by atoms with van der Waals surface area (Å²) in [5.41, 5.74) is 1.04. The van der Waals surface area contributed by atoms with Crippen LogP contribution in [0.5, 0.6) is 0 Å². The Hall–Kier alpha value is -1.80. The van der Waals surface area contributed by atoms with Crippen molar-refractivity contribution in [2.75, 3.05) is 10.6 Å². The fourth-order valence-electron chi connectivity index (χ4n) is 1.52. The molecule has 2 amide bonds. The Morgan fingerprint density at radius 2 is 1.95 bits per heavy atom. The van der Waals surface area contributed by atoms with Gasteiger partial charge in [-0.3, -0.25) is 10.1 Å². The highest BCUT2D eigenvalue weighted by molar-refractivity contribution is 9.11. The van der Waals surface area contributed by atoms with Crippen molar-refractivity contribution in [1.29, 1.82) is 0 Å². The zero-order valence-corrected chi connectivity index (χ0v) is 14.0. The van der Waals surface area contributed by atoms with Crippen LogP contribution in [-0.4, -0.2) is 21.8 Å². The van der Waals surface area contributed by atoms with Crippen LogP contribution in [0.25, 0.3) is 0 Å². The summed E-state index contributed by atoms with van der Waals surface area (Å²) in [7, 11) is 0. The van der Waals surface area contributed by atoms with E-state index >= 15 is 0 Å². The number of Topliss-reactive ketones (excluding diaryl/α,β-unsaturated/α-hetero) is 1. The second kappa shape index (κ2) is 6.77. The van der Waals surface area contributed by atoms with Gasteiger partial charge in [-0.1, -0.05) is 12.1 Å². The Balaban J connectivity index is 2.08. The molecule has 2 N–H and O–H groups in total. The van der Waals surface area contributed by atoms with E-state index in [9.17, 15) is 9.59 Å². The zero-order valence-electron chi connectivity index (χ0n) is 10.9. The van der Waals surface area contributed by atoms with Crippen LogP contribution in [0.1, 0.15) is 17.3 Å². The van der Waals surface area contributed by atoms with Crippen LogP contribution in [-0.2, 0) is 0 Å². The molecule has 0 radical (unpaired) electrons. The van der Waals surface area contributed by atoms with Crippen molar-refractivity contribution in [3.05, 3.63) is 45.2 Å². The first-order valence-electron chi connectivity index (χ1n) is 5.83. The lowest BCUT2D eigenvalue weighted by molar-refractivity contribution is 0.101. The number of aromatic nitrogens is 2. The number of urea groups is 1. The normalized spacial score (nSPS) is 10.0. The van der Waals surface area contributed by atoms with Crippen molar-refractivity contribution in [3.8, 4) is 0 Å². The fraction of sp³-hybridized carbons (Fsp3) is 0.0769. The summed E-state index contributed by atoms with van der Waals surface area (Å²) < 4.78 is 0.957. The fourth-order valence-corrected chi connectivity index (χ4v) is 2.43. The third-order valence-corrected chi connectivity index (χ3v) is 3.39. The number of nitrogens with one attached hydrogen (secondary N) is 2. The molecule has 0 fully saturated rings. The van der Waals surface area contributed by atoms with Gasteiger partial charge in [0.15, 0.2) is 11.6 Å². The predicted octanol–water partition coefficient (Wildman–Crippen LogP) is 3.85. The average molecular weight is 414 g/mol. The highest BCUT2D eigenvalue weighted by Gasteiger charge is 2.09. The number of halogens is 2. The van der Waals surface area contributed by atoms with E-state index in [-0.39, 0.29) is 5.78 Å². The van der Waals surface area contributed by atoms with E-state index in [2.05, 4.69) is 52.5 Å². The van der Waals surface area contributed by atoms with Crippen molar-refractivity contribution < 1.29 is 9.59 Å². The number of benzene rings is 1. The van der Waals surface area contributed by atoms with Crippen LogP contribution < -0.4 is 10.6 Å². The number of rotatable bonds is 3. The molecule has 0 bridgehead atoms. The Labute approximate surface area is 137 Å². The molecule has 0 saturated carbocycles. The first-order chi connectivity index (χ1) is 9.95. The lowest BCUT2D eigenvalue weighted by Crippen LogP contribution is -2.20. The van der Waals surface area contributed by atoms with Gasteiger partial charge in [0.25, 0.3) is 0 Å². The second-order valence-electron chi connectivity index (χ2n) is 4.05. The second-order valence-corrected chi connectivity index (χ2v) is 5.61. The molecule has 0 aliphatic rings. The van der Waals surface area contributed by atoms with Gasteiger partial charge in [-0.05, 0) is 50.9 Å². The van der Waals surface area contributed by atoms with E-state index < -0.39 is 6.03 Å². The standard InChI is InChI=1S/C13H10Br2N4O2/c1-7(20)8-3-2-4-9(5-8)17-13(21)19-12-11(15)18-10(14)6-16-12/h2-6H,1H3,(H2,16,17,19,21). The van der Waals surface area contributed by atoms with Crippen molar-refractivity contribution in [1.82, 2.24) is 9.97 Å². The molecule has 0 unspecified atom stereocenters. The molecule has 1 aromatic carbocycles. The van der Waals surface area contributed by atoms with E-state index in [0.717, 1.165) is 0 Å². The number of carbonyl (C=O) groups excluding carboxylic acids is 2. The molecule has 0 saturated heterocycles. The summed E-state index contributed by atoms with van der Waals surface area (Å²) in [5.74, 6) is 0.221. The summed E-state index contributed by atoms with van der Waals surface area (Å²) >= 11 is 6.37. The van der Waals surface area contributed by atoms with Gasteiger partial charge in [-0.25, -0.2) is 14.8 Å². The first-order valence-corrected chi connectivity index (χ1v) is 7.41. The first kappa shape index (κ1) is 15.6. The van der Waals surface area contributed by atoms with Crippen LogP contribution in [0.3, 0.4) is 0 Å². The van der Waals surface area contributed by atoms with Gasteiger partial charge in [-0.15, -0.1) is 0 Å². The minimum absolute atomic E-state index is 0.0689. The molecule has 0 atom stereocenters. The molecule has 0 spiro atoms. The third kappa shape index (κ3) is 4.33. The number of anilines is 2. The summed E-state index contributed by atoms with van der Waals surface area (Å²) in [4.78, 5) is 31.3. The average Bonchev–Trinajstić information content (AvgIpc) is 2.42. The van der Waals surface area contributed by atoms with Crippen LogP contribution in [0.2, 0.25) is 0 Å². The van der Waals surface area contributed by atoms with Gasteiger partial charge in [0.2, 0.25) is 0 Å². The molecule has 108 valence electrons. The molecule has 0 aliphatic heterocycles. The topological polar surface area (TPSA) is 84.0 Å². The van der Waals surface area contributed by atoms with Crippen LogP contribution in [0, 0.1) is 0 Å². The van der Waals surface area contributed by atoms with Gasteiger partial charge < -0.3 is 5.32 Å². The highest BCUT2D eigenvalue weighted by atomic mass is 79.9. The van der Waals surface area contributed by atoms with Gasteiger partial charge in [0, 0.05) is 11.3 Å². The molecular formula is C13H10Br2N4O2. The molecule has 6 nitrogen and oxygen atoms in total. The summed E-state index contributed by atoms with van der Waals surface area (Å²) in [6, 6.07) is 6.19. The Morgan fingerprint density at radius 1 is 1.19 bits per heavy atom. The Kier molecular flexibility index (Phi) is 5.03. The zero-order chi connectivity index (χ0) is 15.4. The number of nitrogens with zero attached hydrogens (tertiary/aromatic N) is 2. The largest absolute Gasteiger partial charge is 0.324 e.